The number of hydrogen-bond donors (Lipinski definition) is 2. The van der Waals surface area contributed by atoms with Gasteiger partial charge in [-0.25, -0.2) is 4.79 Å². The Kier molecular flexibility index (Phi) is 5.09. The molecule has 3 rings (SSSR count). The Balaban J connectivity index is 1.66. The third kappa shape index (κ3) is 3.78. The molecule has 2 N–H and O–H groups in total. The molecule has 2 aromatic heterocycles. The van der Waals surface area contributed by atoms with Crippen LogP contribution in [-0.2, 0) is 4.79 Å². The summed E-state index contributed by atoms with van der Waals surface area (Å²) in [4.78, 5) is 29.9. The topological polar surface area (TPSA) is 112 Å². The molecule has 0 radical (unpaired) electrons. The Morgan fingerprint density at radius 2 is 2.23 bits per heavy atom. The van der Waals surface area contributed by atoms with Crippen LogP contribution in [0, 0.1) is 18.3 Å². The third-order valence-corrected chi connectivity index (χ3v) is 4.76. The molecule has 0 saturated heterocycles. The first-order valence-electron chi connectivity index (χ1n) is 7.89. The van der Waals surface area contributed by atoms with Crippen molar-refractivity contribution in [2.75, 3.05) is 5.75 Å². The largest absolute Gasteiger partial charge is 0.459 e. The van der Waals surface area contributed by atoms with Gasteiger partial charge in [-0.2, -0.15) is 10.2 Å². The summed E-state index contributed by atoms with van der Waals surface area (Å²) < 4.78 is 5.74. The number of thioether (sulfide) groups is 1. The highest BCUT2D eigenvalue weighted by molar-refractivity contribution is 8.00. The molecule has 0 aliphatic carbocycles. The second kappa shape index (κ2) is 7.45. The average molecular weight is 368 g/mol. The first-order valence-corrected chi connectivity index (χ1v) is 8.88. The number of carbonyl (C=O) groups excluding carboxylic acids is 1. The van der Waals surface area contributed by atoms with Crippen LogP contribution in [0.15, 0.2) is 44.6 Å². The standard InChI is InChI=1S/C18H16N4O3S/c1-10-13(8-19)17(22-18(24)21-10)26-9-16(23)20-11(2)15-7-12-5-3-4-6-14(12)25-15/h3-7,11H,9H2,1-2H3,(H,20,23)(H,21,22,24)/t11-/m1/s1. The summed E-state index contributed by atoms with van der Waals surface area (Å²) in [6, 6.07) is 11.2. The molecule has 0 saturated carbocycles. The second-order valence-corrected chi connectivity index (χ2v) is 6.69. The van der Waals surface area contributed by atoms with Crippen molar-refractivity contribution < 1.29 is 9.21 Å². The molecule has 0 aliphatic rings. The van der Waals surface area contributed by atoms with E-state index in [-0.39, 0.29) is 28.3 Å². The Hall–Kier alpha value is -3.05. The minimum absolute atomic E-state index is 0.0368. The van der Waals surface area contributed by atoms with Crippen molar-refractivity contribution in [3.63, 3.8) is 0 Å². The first kappa shape index (κ1) is 17.8. The van der Waals surface area contributed by atoms with Gasteiger partial charge in [-0.05, 0) is 26.0 Å². The van der Waals surface area contributed by atoms with Crippen LogP contribution in [0.1, 0.15) is 30.0 Å². The number of aromatic nitrogens is 2. The number of fused-ring (bicyclic) bond motifs is 1. The van der Waals surface area contributed by atoms with Gasteiger partial charge in [0.25, 0.3) is 0 Å². The summed E-state index contributed by atoms with van der Waals surface area (Å²) in [6.07, 6.45) is 0. The number of aromatic amines is 1. The highest BCUT2D eigenvalue weighted by Gasteiger charge is 2.16. The number of rotatable bonds is 5. The quantitative estimate of drug-likeness (QED) is 0.529. The molecule has 7 nitrogen and oxygen atoms in total. The van der Waals surface area contributed by atoms with Gasteiger partial charge in [0.15, 0.2) is 0 Å². The number of nitriles is 1. The van der Waals surface area contributed by atoms with E-state index in [1.807, 2.05) is 43.3 Å². The monoisotopic (exact) mass is 368 g/mol. The maximum absolute atomic E-state index is 12.2. The molecule has 0 fully saturated rings. The van der Waals surface area contributed by atoms with Gasteiger partial charge in [-0.1, -0.05) is 30.0 Å². The minimum atomic E-state index is -0.542. The summed E-state index contributed by atoms with van der Waals surface area (Å²) in [5.41, 5.74) is 0.929. The number of amides is 1. The Bertz CT molecular complexity index is 1030. The van der Waals surface area contributed by atoms with E-state index in [0.717, 1.165) is 22.7 Å². The zero-order chi connectivity index (χ0) is 18.7. The third-order valence-electron chi connectivity index (χ3n) is 3.79. The number of furan rings is 1. The minimum Gasteiger partial charge on any atom is -0.459 e. The molecule has 26 heavy (non-hydrogen) atoms. The number of aryl methyl sites for hydroxylation is 1. The van der Waals surface area contributed by atoms with Gasteiger partial charge in [-0.15, -0.1) is 0 Å². The van der Waals surface area contributed by atoms with Crippen molar-refractivity contribution in [3.8, 4) is 6.07 Å². The van der Waals surface area contributed by atoms with Crippen molar-refractivity contribution in [1.82, 2.24) is 15.3 Å². The van der Waals surface area contributed by atoms with Crippen LogP contribution in [0.3, 0.4) is 0 Å². The van der Waals surface area contributed by atoms with Crippen LogP contribution in [0.2, 0.25) is 0 Å². The highest BCUT2D eigenvalue weighted by Crippen LogP contribution is 2.24. The molecule has 132 valence electrons. The number of nitrogens with zero attached hydrogens (tertiary/aromatic N) is 2. The smallest absolute Gasteiger partial charge is 0.346 e. The average Bonchev–Trinajstić information content (AvgIpc) is 3.04. The van der Waals surface area contributed by atoms with E-state index in [0.29, 0.717) is 11.5 Å². The molecule has 0 aliphatic heterocycles. The zero-order valence-corrected chi connectivity index (χ0v) is 15.0. The summed E-state index contributed by atoms with van der Waals surface area (Å²) in [5.74, 6) is 0.453. The molecule has 0 spiro atoms. The van der Waals surface area contributed by atoms with Crippen LogP contribution in [0.25, 0.3) is 11.0 Å². The Morgan fingerprint density at radius 3 is 2.96 bits per heavy atom. The van der Waals surface area contributed by atoms with E-state index in [9.17, 15) is 14.9 Å². The highest BCUT2D eigenvalue weighted by atomic mass is 32.2. The van der Waals surface area contributed by atoms with E-state index in [2.05, 4.69) is 15.3 Å². The van der Waals surface area contributed by atoms with E-state index in [1.165, 1.54) is 0 Å². The zero-order valence-electron chi connectivity index (χ0n) is 14.2. The van der Waals surface area contributed by atoms with Crippen LogP contribution < -0.4 is 11.0 Å². The fourth-order valence-corrected chi connectivity index (χ4v) is 3.34. The Labute approximate surface area is 153 Å². The number of benzene rings is 1. The maximum atomic E-state index is 12.2. The molecule has 1 amide bonds. The van der Waals surface area contributed by atoms with E-state index < -0.39 is 5.69 Å². The SMILES string of the molecule is Cc1[nH]c(=O)nc(SCC(=O)N[C@H](C)c2cc3ccccc3o2)c1C#N. The van der Waals surface area contributed by atoms with Crippen LogP contribution in [-0.4, -0.2) is 21.6 Å². The van der Waals surface area contributed by atoms with Crippen molar-refractivity contribution in [2.45, 2.75) is 24.9 Å². The van der Waals surface area contributed by atoms with Crippen LogP contribution >= 0.6 is 11.8 Å². The molecule has 3 aromatic rings. The number of para-hydroxylation sites is 1. The van der Waals surface area contributed by atoms with E-state index in [4.69, 9.17) is 4.42 Å². The van der Waals surface area contributed by atoms with Gasteiger partial charge in [-0.3, -0.25) is 4.79 Å². The van der Waals surface area contributed by atoms with Gasteiger partial charge in [0.1, 0.15) is 28.0 Å². The van der Waals surface area contributed by atoms with Gasteiger partial charge < -0.3 is 14.7 Å². The lowest BCUT2D eigenvalue weighted by Crippen LogP contribution is -2.28. The molecular formula is C18H16N4O3S. The normalized spacial score (nSPS) is 11.9. The number of carbonyl (C=O) groups is 1. The summed E-state index contributed by atoms with van der Waals surface area (Å²) in [5, 5.41) is 13.2. The fourth-order valence-electron chi connectivity index (χ4n) is 2.50. The number of nitrogens with one attached hydrogen (secondary N) is 2. The van der Waals surface area contributed by atoms with Gasteiger partial charge in [0.2, 0.25) is 5.91 Å². The van der Waals surface area contributed by atoms with Gasteiger partial charge >= 0.3 is 5.69 Å². The van der Waals surface area contributed by atoms with Crippen LogP contribution in [0.4, 0.5) is 0 Å². The van der Waals surface area contributed by atoms with E-state index >= 15 is 0 Å². The fraction of sp³-hybridized carbons (Fsp3) is 0.222. The van der Waals surface area contributed by atoms with E-state index in [1.54, 1.807) is 6.92 Å². The lowest BCUT2D eigenvalue weighted by atomic mass is 10.2. The molecular weight excluding hydrogens is 352 g/mol. The van der Waals surface area contributed by atoms with Crippen molar-refractivity contribution >= 4 is 28.6 Å². The van der Waals surface area contributed by atoms with Crippen molar-refractivity contribution in [3.05, 3.63) is 57.8 Å². The number of hydrogen-bond acceptors (Lipinski definition) is 6. The molecule has 2 heterocycles. The summed E-state index contributed by atoms with van der Waals surface area (Å²) >= 11 is 1.05. The predicted molar refractivity (Wildman–Crippen MR) is 97.8 cm³/mol. The van der Waals surface area contributed by atoms with Gasteiger partial charge in [0, 0.05) is 11.1 Å². The van der Waals surface area contributed by atoms with Gasteiger partial charge in [0.05, 0.1) is 11.8 Å². The van der Waals surface area contributed by atoms with Crippen molar-refractivity contribution in [1.29, 1.82) is 5.26 Å². The number of H-pyrrole nitrogens is 1. The molecule has 8 heteroatoms. The second-order valence-electron chi connectivity index (χ2n) is 5.72. The molecule has 0 bridgehead atoms. The summed E-state index contributed by atoms with van der Waals surface area (Å²) in [7, 11) is 0. The molecule has 1 aromatic carbocycles. The van der Waals surface area contributed by atoms with Crippen molar-refractivity contribution in [2.24, 2.45) is 0 Å². The maximum Gasteiger partial charge on any atom is 0.346 e. The Morgan fingerprint density at radius 1 is 1.46 bits per heavy atom. The molecule has 1 atom stereocenters. The first-order chi connectivity index (χ1) is 12.5. The lowest BCUT2D eigenvalue weighted by Gasteiger charge is -2.11. The lowest BCUT2D eigenvalue weighted by molar-refractivity contribution is -0.119. The van der Waals surface area contributed by atoms with Crippen LogP contribution in [0.5, 0.6) is 0 Å². The summed E-state index contributed by atoms with van der Waals surface area (Å²) in [6.45, 7) is 3.45. The predicted octanol–water partition coefficient (Wildman–Crippen LogP) is 2.67. The molecule has 0 unspecified atom stereocenters.